The van der Waals surface area contributed by atoms with Crippen LogP contribution in [0.5, 0.6) is 0 Å². The minimum absolute atomic E-state index is 0.0514. The summed E-state index contributed by atoms with van der Waals surface area (Å²) in [5, 5.41) is 15.0. The summed E-state index contributed by atoms with van der Waals surface area (Å²) in [5.74, 6) is -0.103. The average Bonchev–Trinajstić information content (AvgIpc) is 2.19. The van der Waals surface area contributed by atoms with Gasteiger partial charge < -0.3 is 15.7 Å². The van der Waals surface area contributed by atoms with Gasteiger partial charge in [0.1, 0.15) is 0 Å². The van der Waals surface area contributed by atoms with Gasteiger partial charge in [0.05, 0.1) is 6.10 Å². The van der Waals surface area contributed by atoms with E-state index in [0.717, 1.165) is 0 Å². The Balaban J connectivity index is 3.55. The lowest BCUT2D eigenvalue weighted by atomic mass is 10.3. The molecule has 0 fully saturated rings. The lowest BCUT2D eigenvalue weighted by Crippen LogP contribution is -2.31. The third-order valence-electron chi connectivity index (χ3n) is 1.58. The maximum atomic E-state index is 10.5. The molecule has 0 aromatic carbocycles. The predicted molar refractivity (Wildman–Crippen MR) is 61.7 cm³/mol. The Labute approximate surface area is 95.2 Å². The SMILES string of the molecule is CC(=O)/C=C/NCC(O)CN/C=C/C(C)=O. The van der Waals surface area contributed by atoms with Crippen LogP contribution in [0.15, 0.2) is 24.6 Å². The van der Waals surface area contributed by atoms with Crippen LogP contribution >= 0.6 is 0 Å². The Kier molecular flexibility index (Phi) is 7.79. The summed E-state index contributed by atoms with van der Waals surface area (Å²) < 4.78 is 0. The molecule has 0 aromatic rings. The van der Waals surface area contributed by atoms with E-state index in [1.54, 1.807) is 0 Å². The van der Waals surface area contributed by atoms with Crippen LogP contribution in [0.2, 0.25) is 0 Å². The second-order valence-corrected chi connectivity index (χ2v) is 3.36. The molecule has 0 aliphatic carbocycles. The van der Waals surface area contributed by atoms with Crippen molar-refractivity contribution in [1.29, 1.82) is 0 Å². The number of nitrogens with one attached hydrogen (secondary N) is 2. The highest BCUT2D eigenvalue weighted by Crippen LogP contribution is 1.80. The van der Waals surface area contributed by atoms with E-state index >= 15 is 0 Å². The van der Waals surface area contributed by atoms with Crippen molar-refractivity contribution < 1.29 is 14.7 Å². The molecule has 16 heavy (non-hydrogen) atoms. The second kappa shape index (κ2) is 8.67. The number of allylic oxidation sites excluding steroid dienone is 2. The van der Waals surface area contributed by atoms with Gasteiger partial charge in [0.2, 0.25) is 0 Å². The first-order valence-corrected chi connectivity index (χ1v) is 5.01. The van der Waals surface area contributed by atoms with E-state index in [4.69, 9.17) is 0 Å². The number of rotatable bonds is 8. The molecule has 0 amide bonds. The topological polar surface area (TPSA) is 78.4 Å². The molecular weight excluding hydrogens is 208 g/mol. The van der Waals surface area contributed by atoms with Crippen molar-refractivity contribution in [2.24, 2.45) is 0 Å². The number of aliphatic hydroxyl groups excluding tert-OH is 1. The minimum Gasteiger partial charge on any atom is -0.389 e. The molecule has 0 unspecified atom stereocenters. The maximum Gasteiger partial charge on any atom is 0.154 e. The zero-order chi connectivity index (χ0) is 12.4. The fourth-order valence-corrected chi connectivity index (χ4v) is 0.833. The monoisotopic (exact) mass is 226 g/mol. The van der Waals surface area contributed by atoms with Crippen molar-refractivity contribution in [2.75, 3.05) is 13.1 Å². The summed E-state index contributed by atoms with van der Waals surface area (Å²) in [4.78, 5) is 21.0. The number of ketones is 2. The van der Waals surface area contributed by atoms with Crippen molar-refractivity contribution in [2.45, 2.75) is 20.0 Å². The molecule has 0 heterocycles. The third-order valence-corrected chi connectivity index (χ3v) is 1.58. The van der Waals surface area contributed by atoms with E-state index in [1.807, 2.05) is 0 Å². The van der Waals surface area contributed by atoms with Crippen molar-refractivity contribution in [3.63, 3.8) is 0 Å². The molecule has 0 saturated heterocycles. The van der Waals surface area contributed by atoms with E-state index in [-0.39, 0.29) is 11.6 Å². The van der Waals surface area contributed by atoms with Gasteiger partial charge in [-0.3, -0.25) is 9.59 Å². The number of aliphatic hydroxyl groups is 1. The second-order valence-electron chi connectivity index (χ2n) is 3.36. The van der Waals surface area contributed by atoms with E-state index in [1.165, 1.54) is 38.4 Å². The minimum atomic E-state index is -0.590. The quantitative estimate of drug-likeness (QED) is 0.497. The predicted octanol–water partition coefficient (Wildman–Crippen LogP) is -0.268. The zero-order valence-corrected chi connectivity index (χ0v) is 9.56. The van der Waals surface area contributed by atoms with Crippen molar-refractivity contribution in [3.8, 4) is 0 Å². The van der Waals surface area contributed by atoms with Gasteiger partial charge in [0.25, 0.3) is 0 Å². The molecule has 3 N–H and O–H groups in total. The van der Waals surface area contributed by atoms with Crippen molar-refractivity contribution >= 4 is 11.6 Å². The van der Waals surface area contributed by atoms with Crippen LogP contribution in [0.4, 0.5) is 0 Å². The summed E-state index contributed by atoms with van der Waals surface area (Å²) in [6.45, 7) is 3.57. The summed E-state index contributed by atoms with van der Waals surface area (Å²) in [5.41, 5.74) is 0. The molecule has 90 valence electrons. The average molecular weight is 226 g/mol. The van der Waals surface area contributed by atoms with Gasteiger partial charge in [-0.2, -0.15) is 0 Å². The molecule has 0 saturated carbocycles. The highest BCUT2D eigenvalue weighted by atomic mass is 16.3. The number of hydrogen-bond acceptors (Lipinski definition) is 5. The molecule has 0 aliphatic rings. The molecule has 0 spiro atoms. The molecule has 0 aromatic heterocycles. The van der Waals surface area contributed by atoms with Gasteiger partial charge in [-0.15, -0.1) is 0 Å². The molecule has 0 aliphatic heterocycles. The van der Waals surface area contributed by atoms with Crippen LogP contribution in [-0.2, 0) is 9.59 Å². The van der Waals surface area contributed by atoms with E-state index in [9.17, 15) is 14.7 Å². The van der Waals surface area contributed by atoms with Crippen molar-refractivity contribution in [3.05, 3.63) is 24.6 Å². The van der Waals surface area contributed by atoms with Gasteiger partial charge in [-0.1, -0.05) is 0 Å². The van der Waals surface area contributed by atoms with Gasteiger partial charge in [0.15, 0.2) is 11.6 Å². The molecule has 5 nitrogen and oxygen atoms in total. The van der Waals surface area contributed by atoms with Crippen LogP contribution in [0.3, 0.4) is 0 Å². The smallest absolute Gasteiger partial charge is 0.154 e. The summed E-state index contributed by atoms with van der Waals surface area (Å²) in [6.07, 6.45) is 5.17. The van der Waals surface area contributed by atoms with Crippen LogP contribution in [0, 0.1) is 0 Å². The first kappa shape index (κ1) is 14.4. The number of hydrogen-bond donors (Lipinski definition) is 3. The molecule has 0 bridgehead atoms. The van der Waals surface area contributed by atoms with Crippen LogP contribution in [0.1, 0.15) is 13.8 Å². The van der Waals surface area contributed by atoms with E-state index < -0.39 is 6.10 Å². The van der Waals surface area contributed by atoms with Crippen LogP contribution < -0.4 is 10.6 Å². The lowest BCUT2D eigenvalue weighted by molar-refractivity contribution is -0.113. The first-order chi connectivity index (χ1) is 7.52. The standard InChI is InChI=1S/C11H18N2O3/c1-9(14)3-5-12-7-11(16)8-13-6-4-10(2)15/h3-6,11-13,16H,7-8H2,1-2H3/b5-3+,6-4+. The Morgan fingerprint density at radius 1 is 1.06 bits per heavy atom. The summed E-state index contributed by atoms with van der Waals surface area (Å²) in [6, 6.07) is 0. The summed E-state index contributed by atoms with van der Waals surface area (Å²) in [7, 11) is 0. The Morgan fingerprint density at radius 3 is 1.75 bits per heavy atom. The highest BCUT2D eigenvalue weighted by Gasteiger charge is 1.99. The lowest BCUT2D eigenvalue weighted by Gasteiger charge is -2.09. The number of carbonyl (C=O) groups excluding carboxylic acids is 2. The summed E-state index contributed by atoms with van der Waals surface area (Å²) >= 11 is 0. The Morgan fingerprint density at radius 2 is 1.44 bits per heavy atom. The fourth-order valence-electron chi connectivity index (χ4n) is 0.833. The highest BCUT2D eigenvalue weighted by molar-refractivity contribution is 5.87. The Hall–Kier alpha value is -1.62. The molecular formula is C11H18N2O3. The molecule has 0 rings (SSSR count). The maximum absolute atomic E-state index is 10.5. The number of carbonyl (C=O) groups is 2. The van der Waals surface area contributed by atoms with Crippen LogP contribution in [-0.4, -0.2) is 35.9 Å². The normalized spacial score (nSPS) is 11.2. The molecule has 0 atom stereocenters. The fraction of sp³-hybridized carbons (Fsp3) is 0.455. The first-order valence-electron chi connectivity index (χ1n) is 5.01. The Bertz CT molecular complexity index is 257. The van der Waals surface area contributed by atoms with Crippen LogP contribution in [0.25, 0.3) is 0 Å². The van der Waals surface area contributed by atoms with E-state index in [0.29, 0.717) is 13.1 Å². The van der Waals surface area contributed by atoms with Gasteiger partial charge >= 0.3 is 0 Å². The van der Waals surface area contributed by atoms with Crippen molar-refractivity contribution in [1.82, 2.24) is 10.6 Å². The molecule has 5 heteroatoms. The van der Waals surface area contributed by atoms with Gasteiger partial charge in [-0.25, -0.2) is 0 Å². The van der Waals surface area contributed by atoms with Gasteiger partial charge in [0, 0.05) is 25.5 Å². The van der Waals surface area contributed by atoms with E-state index in [2.05, 4.69) is 10.6 Å². The van der Waals surface area contributed by atoms with Gasteiger partial charge in [-0.05, 0) is 26.0 Å². The third kappa shape index (κ3) is 10.5. The molecule has 0 radical (unpaired) electrons. The zero-order valence-electron chi connectivity index (χ0n) is 9.56. The largest absolute Gasteiger partial charge is 0.389 e.